The Kier molecular flexibility index (Phi) is 2.78. The lowest BCUT2D eigenvalue weighted by Gasteiger charge is -2.04. The highest BCUT2D eigenvalue weighted by Gasteiger charge is 2.11. The summed E-state index contributed by atoms with van der Waals surface area (Å²) in [6, 6.07) is 5.04. The SMILES string of the molecule is Cc1ccc(Nc2cnn(C)c2)cc1[N+](=O)[O-]. The molecule has 0 aliphatic rings. The Morgan fingerprint density at radius 2 is 2.18 bits per heavy atom. The Morgan fingerprint density at radius 3 is 2.76 bits per heavy atom. The van der Waals surface area contributed by atoms with Gasteiger partial charge in [0.25, 0.3) is 5.69 Å². The quantitative estimate of drug-likeness (QED) is 0.651. The summed E-state index contributed by atoms with van der Waals surface area (Å²) in [4.78, 5) is 10.4. The lowest BCUT2D eigenvalue weighted by Crippen LogP contribution is -1.94. The van der Waals surface area contributed by atoms with E-state index in [0.29, 0.717) is 11.3 Å². The van der Waals surface area contributed by atoms with Crippen LogP contribution in [0.3, 0.4) is 0 Å². The van der Waals surface area contributed by atoms with Gasteiger partial charge in [0, 0.05) is 30.6 Å². The summed E-state index contributed by atoms with van der Waals surface area (Å²) < 4.78 is 1.66. The normalized spacial score (nSPS) is 10.2. The number of aromatic nitrogens is 2. The molecular formula is C11H12N4O2. The second-order valence-electron chi connectivity index (χ2n) is 3.79. The molecule has 0 saturated carbocycles. The molecule has 6 nitrogen and oxygen atoms in total. The Hall–Kier alpha value is -2.37. The maximum atomic E-state index is 10.8. The Labute approximate surface area is 98.0 Å². The lowest BCUT2D eigenvalue weighted by molar-refractivity contribution is -0.385. The molecule has 1 heterocycles. The molecule has 0 radical (unpaired) electrons. The first-order valence-electron chi connectivity index (χ1n) is 5.07. The van der Waals surface area contributed by atoms with E-state index in [0.717, 1.165) is 5.69 Å². The highest BCUT2D eigenvalue weighted by atomic mass is 16.6. The number of benzene rings is 1. The fourth-order valence-corrected chi connectivity index (χ4v) is 1.54. The number of nitro benzene ring substituents is 1. The molecule has 0 aliphatic heterocycles. The van der Waals surface area contributed by atoms with Crippen LogP contribution in [0.4, 0.5) is 17.1 Å². The molecule has 1 N–H and O–H groups in total. The summed E-state index contributed by atoms with van der Waals surface area (Å²) in [6.45, 7) is 1.71. The van der Waals surface area contributed by atoms with Gasteiger partial charge in [-0.05, 0) is 13.0 Å². The number of aryl methyl sites for hydroxylation is 2. The smallest absolute Gasteiger partial charge is 0.274 e. The predicted molar refractivity (Wildman–Crippen MR) is 64.3 cm³/mol. The van der Waals surface area contributed by atoms with Gasteiger partial charge in [0.2, 0.25) is 0 Å². The average molecular weight is 232 g/mol. The third kappa shape index (κ3) is 2.41. The molecule has 17 heavy (non-hydrogen) atoms. The molecule has 0 saturated heterocycles. The average Bonchev–Trinajstić information content (AvgIpc) is 2.66. The first-order chi connectivity index (χ1) is 8.06. The van der Waals surface area contributed by atoms with Gasteiger partial charge in [0.05, 0.1) is 16.8 Å². The zero-order valence-electron chi connectivity index (χ0n) is 9.54. The predicted octanol–water partition coefficient (Wildman–Crippen LogP) is 2.38. The molecule has 0 spiro atoms. The zero-order valence-corrected chi connectivity index (χ0v) is 9.54. The molecule has 0 unspecified atom stereocenters. The second kappa shape index (κ2) is 4.25. The molecule has 0 aliphatic carbocycles. The molecule has 1 aromatic heterocycles. The van der Waals surface area contributed by atoms with Crippen molar-refractivity contribution >= 4 is 17.1 Å². The minimum atomic E-state index is -0.385. The van der Waals surface area contributed by atoms with Crippen molar-refractivity contribution < 1.29 is 4.92 Å². The minimum Gasteiger partial charge on any atom is -0.353 e. The molecule has 6 heteroatoms. The summed E-state index contributed by atoms with van der Waals surface area (Å²) >= 11 is 0. The molecule has 0 fully saturated rings. The van der Waals surface area contributed by atoms with E-state index in [9.17, 15) is 10.1 Å². The van der Waals surface area contributed by atoms with Crippen molar-refractivity contribution in [2.45, 2.75) is 6.92 Å². The van der Waals surface area contributed by atoms with Gasteiger partial charge in [0.1, 0.15) is 0 Å². The third-order valence-electron chi connectivity index (χ3n) is 2.40. The van der Waals surface area contributed by atoms with Gasteiger partial charge in [-0.15, -0.1) is 0 Å². The van der Waals surface area contributed by atoms with Gasteiger partial charge >= 0.3 is 0 Å². The minimum absolute atomic E-state index is 0.110. The fourth-order valence-electron chi connectivity index (χ4n) is 1.54. The van der Waals surface area contributed by atoms with E-state index >= 15 is 0 Å². The van der Waals surface area contributed by atoms with Gasteiger partial charge < -0.3 is 5.32 Å². The number of nitrogens with one attached hydrogen (secondary N) is 1. The Bertz CT molecular complexity index is 562. The summed E-state index contributed by atoms with van der Waals surface area (Å²) in [7, 11) is 1.81. The van der Waals surface area contributed by atoms with E-state index in [4.69, 9.17) is 0 Å². The Balaban J connectivity index is 2.28. The standard InChI is InChI=1S/C11H12N4O2/c1-8-3-4-9(5-11(8)15(16)17)13-10-6-12-14(2)7-10/h3-7,13H,1-2H3. The van der Waals surface area contributed by atoms with E-state index < -0.39 is 0 Å². The van der Waals surface area contributed by atoms with E-state index in [-0.39, 0.29) is 10.6 Å². The number of nitro groups is 1. The van der Waals surface area contributed by atoms with Gasteiger partial charge in [-0.1, -0.05) is 6.07 Å². The van der Waals surface area contributed by atoms with Crippen LogP contribution in [0.25, 0.3) is 0 Å². The van der Waals surface area contributed by atoms with Gasteiger partial charge in [-0.2, -0.15) is 5.10 Å². The molecule has 0 atom stereocenters. The van der Waals surface area contributed by atoms with Crippen molar-refractivity contribution in [1.82, 2.24) is 9.78 Å². The van der Waals surface area contributed by atoms with Crippen molar-refractivity contribution in [1.29, 1.82) is 0 Å². The molecule has 2 rings (SSSR count). The number of nitrogens with zero attached hydrogens (tertiary/aromatic N) is 3. The number of rotatable bonds is 3. The van der Waals surface area contributed by atoms with Crippen LogP contribution >= 0.6 is 0 Å². The first-order valence-corrected chi connectivity index (χ1v) is 5.07. The molecular weight excluding hydrogens is 220 g/mol. The highest BCUT2D eigenvalue weighted by molar-refractivity contribution is 5.62. The van der Waals surface area contributed by atoms with Crippen molar-refractivity contribution in [2.24, 2.45) is 7.05 Å². The van der Waals surface area contributed by atoms with Crippen LogP contribution < -0.4 is 5.32 Å². The first kappa shape index (κ1) is 11.1. The Morgan fingerprint density at radius 1 is 1.41 bits per heavy atom. The summed E-state index contributed by atoms with van der Waals surface area (Å²) in [5.41, 5.74) is 2.23. The van der Waals surface area contributed by atoms with Crippen LogP contribution in [0.1, 0.15) is 5.56 Å². The molecule has 2 aromatic rings. The maximum Gasteiger partial charge on any atom is 0.274 e. The van der Waals surface area contributed by atoms with Gasteiger partial charge in [0.15, 0.2) is 0 Å². The van der Waals surface area contributed by atoms with Crippen LogP contribution in [0.2, 0.25) is 0 Å². The van der Waals surface area contributed by atoms with Crippen LogP contribution in [-0.2, 0) is 7.05 Å². The number of hydrogen-bond acceptors (Lipinski definition) is 4. The summed E-state index contributed by atoms with van der Waals surface area (Å²) in [5.74, 6) is 0. The van der Waals surface area contributed by atoms with E-state index in [1.54, 1.807) is 36.1 Å². The van der Waals surface area contributed by atoms with Crippen molar-refractivity contribution in [3.8, 4) is 0 Å². The highest BCUT2D eigenvalue weighted by Crippen LogP contribution is 2.24. The van der Waals surface area contributed by atoms with Crippen molar-refractivity contribution in [3.63, 3.8) is 0 Å². The third-order valence-corrected chi connectivity index (χ3v) is 2.40. The number of anilines is 2. The van der Waals surface area contributed by atoms with Crippen molar-refractivity contribution in [3.05, 3.63) is 46.3 Å². The molecule has 88 valence electrons. The monoisotopic (exact) mass is 232 g/mol. The van der Waals surface area contributed by atoms with E-state index in [1.807, 2.05) is 7.05 Å². The second-order valence-corrected chi connectivity index (χ2v) is 3.79. The summed E-state index contributed by atoms with van der Waals surface area (Å²) in [6.07, 6.45) is 3.46. The molecule has 0 amide bonds. The molecule has 1 aromatic carbocycles. The van der Waals surface area contributed by atoms with Gasteiger partial charge in [-0.3, -0.25) is 14.8 Å². The largest absolute Gasteiger partial charge is 0.353 e. The van der Waals surface area contributed by atoms with Crippen LogP contribution in [0, 0.1) is 17.0 Å². The zero-order chi connectivity index (χ0) is 12.4. The molecule has 0 bridgehead atoms. The van der Waals surface area contributed by atoms with Gasteiger partial charge in [-0.25, -0.2) is 0 Å². The van der Waals surface area contributed by atoms with Crippen LogP contribution in [-0.4, -0.2) is 14.7 Å². The lowest BCUT2D eigenvalue weighted by atomic mass is 10.2. The van der Waals surface area contributed by atoms with E-state index in [1.165, 1.54) is 6.07 Å². The van der Waals surface area contributed by atoms with E-state index in [2.05, 4.69) is 10.4 Å². The fraction of sp³-hybridized carbons (Fsp3) is 0.182. The number of hydrogen-bond donors (Lipinski definition) is 1. The van der Waals surface area contributed by atoms with Crippen molar-refractivity contribution in [2.75, 3.05) is 5.32 Å². The topological polar surface area (TPSA) is 73.0 Å². The maximum absolute atomic E-state index is 10.8. The van der Waals surface area contributed by atoms with Crippen LogP contribution in [0.5, 0.6) is 0 Å². The van der Waals surface area contributed by atoms with Crippen LogP contribution in [0.15, 0.2) is 30.6 Å². The summed E-state index contributed by atoms with van der Waals surface area (Å²) in [5, 5.41) is 17.9.